The van der Waals surface area contributed by atoms with Crippen LogP contribution in [0, 0.1) is 0 Å². The predicted molar refractivity (Wildman–Crippen MR) is 73.3 cm³/mol. The van der Waals surface area contributed by atoms with Crippen molar-refractivity contribution in [2.75, 3.05) is 26.0 Å². The molecule has 1 unspecified atom stereocenters. The summed E-state index contributed by atoms with van der Waals surface area (Å²) in [7, 11) is -1.68. The molecule has 0 saturated carbocycles. The van der Waals surface area contributed by atoms with Gasteiger partial charge in [-0.25, -0.2) is 13.4 Å². The molecule has 20 heavy (non-hydrogen) atoms. The van der Waals surface area contributed by atoms with Gasteiger partial charge in [0.15, 0.2) is 0 Å². The first kappa shape index (κ1) is 15.0. The zero-order valence-electron chi connectivity index (χ0n) is 11.7. The molecule has 1 aliphatic heterocycles. The Bertz CT molecular complexity index is 549. The van der Waals surface area contributed by atoms with Crippen molar-refractivity contribution in [1.82, 2.24) is 14.3 Å². The van der Waals surface area contributed by atoms with Crippen LogP contribution in [0.15, 0.2) is 12.3 Å². The zero-order chi connectivity index (χ0) is 14.6. The van der Waals surface area contributed by atoms with E-state index in [1.54, 1.807) is 19.2 Å². The van der Waals surface area contributed by atoms with Crippen molar-refractivity contribution >= 4 is 10.0 Å². The van der Waals surface area contributed by atoms with Crippen LogP contribution in [0.5, 0.6) is 11.9 Å². The van der Waals surface area contributed by atoms with Gasteiger partial charge in [-0.3, -0.25) is 0 Å². The fourth-order valence-electron chi connectivity index (χ4n) is 2.10. The molecule has 2 rings (SSSR count). The maximum absolute atomic E-state index is 11.9. The Balaban J connectivity index is 2.02. The smallest absolute Gasteiger partial charge is 0.319 e. The Morgan fingerprint density at radius 3 is 3.00 bits per heavy atom. The highest BCUT2D eigenvalue weighted by Gasteiger charge is 2.28. The molecule has 1 aromatic heterocycles. The molecule has 0 spiro atoms. The van der Waals surface area contributed by atoms with Gasteiger partial charge in [0, 0.05) is 18.8 Å². The van der Waals surface area contributed by atoms with Crippen molar-refractivity contribution in [2.24, 2.45) is 0 Å². The maximum atomic E-state index is 11.9. The SMILES string of the molecule is CCS(=O)(=O)N1CCCC(Oc2ccnc(OC)n2)C1. The number of methoxy groups -OCH3 is 1. The van der Waals surface area contributed by atoms with Crippen LogP contribution in [0.25, 0.3) is 0 Å². The lowest BCUT2D eigenvalue weighted by atomic mass is 10.1. The highest BCUT2D eigenvalue weighted by atomic mass is 32.2. The quantitative estimate of drug-likeness (QED) is 0.795. The van der Waals surface area contributed by atoms with E-state index in [4.69, 9.17) is 9.47 Å². The first-order chi connectivity index (χ1) is 9.55. The molecular formula is C12H19N3O4S. The molecule has 7 nitrogen and oxygen atoms in total. The maximum Gasteiger partial charge on any atom is 0.319 e. The van der Waals surface area contributed by atoms with E-state index in [1.165, 1.54) is 11.4 Å². The highest BCUT2D eigenvalue weighted by Crippen LogP contribution is 2.19. The molecule has 1 atom stereocenters. The molecule has 1 aromatic rings. The normalized spacial score (nSPS) is 20.6. The minimum Gasteiger partial charge on any atom is -0.473 e. The fourth-order valence-corrected chi connectivity index (χ4v) is 3.26. The van der Waals surface area contributed by atoms with Crippen LogP contribution in [-0.4, -0.2) is 54.7 Å². The Hall–Kier alpha value is -1.41. The van der Waals surface area contributed by atoms with Gasteiger partial charge < -0.3 is 9.47 Å². The van der Waals surface area contributed by atoms with Gasteiger partial charge in [0.2, 0.25) is 15.9 Å². The second-order valence-corrected chi connectivity index (χ2v) is 6.78. The van der Waals surface area contributed by atoms with Crippen LogP contribution in [0.2, 0.25) is 0 Å². The molecule has 0 amide bonds. The second-order valence-electron chi connectivity index (χ2n) is 4.52. The number of sulfonamides is 1. The third kappa shape index (κ3) is 3.57. The van der Waals surface area contributed by atoms with Crippen molar-refractivity contribution in [1.29, 1.82) is 0 Å². The summed E-state index contributed by atoms with van der Waals surface area (Å²) in [4.78, 5) is 7.97. The number of hydrogen-bond acceptors (Lipinski definition) is 6. The number of piperidine rings is 1. The van der Waals surface area contributed by atoms with Gasteiger partial charge in [-0.1, -0.05) is 0 Å². The van der Waals surface area contributed by atoms with E-state index >= 15 is 0 Å². The number of rotatable bonds is 5. The molecule has 0 N–H and O–H groups in total. The summed E-state index contributed by atoms with van der Waals surface area (Å²) in [5, 5.41) is 0. The van der Waals surface area contributed by atoms with Crippen molar-refractivity contribution in [2.45, 2.75) is 25.9 Å². The van der Waals surface area contributed by atoms with Crippen LogP contribution in [-0.2, 0) is 10.0 Å². The Morgan fingerprint density at radius 1 is 1.50 bits per heavy atom. The molecule has 8 heteroatoms. The van der Waals surface area contributed by atoms with Crippen molar-refractivity contribution in [3.8, 4) is 11.9 Å². The van der Waals surface area contributed by atoms with Crippen LogP contribution in [0.1, 0.15) is 19.8 Å². The minimum atomic E-state index is -3.16. The zero-order valence-corrected chi connectivity index (χ0v) is 12.5. The lowest BCUT2D eigenvalue weighted by Gasteiger charge is -2.31. The number of nitrogens with zero attached hydrogens (tertiary/aromatic N) is 3. The van der Waals surface area contributed by atoms with E-state index in [0.717, 1.165) is 12.8 Å². The molecule has 2 heterocycles. The summed E-state index contributed by atoms with van der Waals surface area (Å²) < 4.78 is 35.9. The molecule has 0 aromatic carbocycles. The number of aromatic nitrogens is 2. The van der Waals surface area contributed by atoms with E-state index in [-0.39, 0.29) is 17.9 Å². The van der Waals surface area contributed by atoms with Gasteiger partial charge in [-0.05, 0) is 19.8 Å². The standard InChI is InChI=1S/C12H19N3O4S/c1-3-20(16,17)15-8-4-5-10(9-15)19-11-6-7-13-12(14-11)18-2/h6-7,10H,3-5,8-9H2,1-2H3. The van der Waals surface area contributed by atoms with Crippen molar-refractivity contribution < 1.29 is 17.9 Å². The third-order valence-corrected chi connectivity index (χ3v) is 5.03. The Morgan fingerprint density at radius 2 is 2.30 bits per heavy atom. The second kappa shape index (κ2) is 6.36. The van der Waals surface area contributed by atoms with Gasteiger partial charge in [0.05, 0.1) is 19.4 Å². The average molecular weight is 301 g/mol. The first-order valence-corrected chi connectivity index (χ1v) is 8.17. The van der Waals surface area contributed by atoms with Gasteiger partial charge >= 0.3 is 6.01 Å². The summed E-state index contributed by atoms with van der Waals surface area (Å²) in [6, 6.07) is 1.87. The van der Waals surface area contributed by atoms with Gasteiger partial charge in [-0.15, -0.1) is 0 Å². The van der Waals surface area contributed by atoms with Crippen LogP contribution < -0.4 is 9.47 Å². The van der Waals surface area contributed by atoms with Crippen molar-refractivity contribution in [3.63, 3.8) is 0 Å². The van der Waals surface area contributed by atoms with E-state index in [0.29, 0.717) is 19.0 Å². The predicted octanol–water partition coefficient (Wildman–Crippen LogP) is 0.678. The van der Waals surface area contributed by atoms with Crippen molar-refractivity contribution in [3.05, 3.63) is 12.3 Å². The van der Waals surface area contributed by atoms with E-state index in [2.05, 4.69) is 9.97 Å². The molecule has 0 bridgehead atoms. The number of ether oxygens (including phenoxy) is 2. The number of hydrogen-bond donors (Lipinski definition) is 0. The van der Waals surface area contributed by atoms with Crippen LogP contribution >= 0.6 is 0 Å². The summed E-state index contributed by atoms with van der Waals surface area (Å²) in [6.07, 6.45) is 2.95. The summed E-state index contributed by atoms with van der Waals surface area (Å²) in [6.45, 7) is 2.57. The van der Waals surface area contributed by atoms with Gasteiger partial charge in [-0.2, -0.15) is 9.29 Å². The molecule has 112 valence electrons. The third-order valence-electron chi connectivity index (χ3n) is 3.18. The summed E-state index contributed by atoms with van der Waals surface area (Å²) in [5.41, 5.74) is 0. The fraction of sp³-hybridized carbons (Fsp3) is 0.667. The van der Waals surface area contributed by atoms with Gasteiger partial charge in [0.1, 0.15) is 6.10 Å². The molecule has 1 aliphatic rings. The Kier molecular flexibility index (Phi) is 4.77. The first-order valence-electron chi connectivity index (χ1n) is 6.56. The molecule has 0 aliphatic carbocycles. The highest BCUT2D eigenvalue weighted by molar-refractivity contribution is 7.89. The monoisotopic (exact) mass is 301 g/mol. The van der Waals surface area contributed by atoms with E-state index < -0.39 is 10.0 Å². The minimum absolute atomic E-state index is 0.112. The summed E-state index contributed by atoms with van der Waals surface area (Å²) >= 11 is 0. The topological polar surface area (TPSA) is 81.6 Å². The molecule has 1 saturated heterocycles. The van der Waals surface area contributed by atoms with E-state index in [1.807, 2.05) is 0 Å². The lowest BCUT2D eigenvalue weighted by molar-refractivity contribution is 0.123. The summed E-state index contributed by atoms with van der Waals surface area (Å²) in [5.74, 6) is 0.513. The lowest BCUT2D eigenvalue weighted by Crippen LogP contribution is -2.44. The van der Waals surface area contributed by atoms with E-state index in [9.17, 15) is 8.42 Å². The van der Waals surface area contributed by atoms with Crippen LogP contribution in [0.3, 0.4) is 0 Å². The van der Waals surface area contributed by atoms with Crippen LogP contribution in [0.4, 0.5) is 0 Å². The molecule has 0 radical (unpaired) electrons. The Labute approximate surface area is 119 Å². The largest absolute Gasteiger partial charge is 0.473 e. The molecule has 1 fully saturated rings. The van der Waals surface area contributed by atoms with Gasteiger partial charge in [0.25, 0.3) is 0 Å². The average Bonchev–Trinajstić information content (AvgIpc) is 2.48. The molecular weight excluding hydrogens is 282 g/mol.